The minimum atomic E-state index is -0.250. The molecule has 1 amide bonds. The van der Waals surface area contributed by atoms with Crippen LogP contribution in [0.25, 0.3) is 0 Å². The number of aromatic hydroxyl groups is 1. The monoisotopic (exact) mass is 565 g/mol. The molecule has 0 aromatic heterocycles. The second-order valence-electron chi connectivity index (χ2n) is 11.5. The Morgan fingerprint density at radius 1 is 0.659 bits per heavy atom. The summed E-state index contributed by atoms with van der Waals surface area (Å²) in [7, 11) is 0. The first kappa shape index (κ1) is 34.4. The number of hydrogen-bond donors (Lipinski definition) is 2. The number of ether oxygens (including phenoxy) is 1. The normalized spacial score (nSPS) is 11.0. The lowest BCUT2D eigenvalue weighted by atomic mass is 10.0. The summed E-state index contributed by atoms with van der Waals surface area (Å²) in [5.74, 6) is 0.217. The van der Waals surface area contributed by atoms with Gasteiger partial charge in [0.05, 0.1) is 0 Å². The van der Waals surface area contributed by atoms with Gasteiger partial charge in [-0.15, -0.1) is 0 Å². The van der Waals surface area contributed by atoms with Gasteiger partial charge in [-0.3, -0.25) is 9.59 Å². The molecule has 5 heteroatoms. The van der Waals surface area contributed by atoms with Crippen LogP contribution in [0, 0.1) is 0 Å². The molecule has 2 rings (SSSR count). The van der Waals surface area contributed by atoms with Crippen molar-refractivity contribution in [3.63, 3.8) is 0 Å². The van der Waals surface area contributed by atoms with Crippen LogP contribution in [0.4, 0.5) is 5.69 Å². The van der Waals surface area contributed by atoms with Crippen molar-refractivity contribution >= 4 is 17.6 Å². The lowest BCUT2D eigenvalue weighted by Crippen LogP contribution is -2.12. The Balaban J connectivity index is 1.48. The summed E-state index contributed by atoms with van der Waals surface area (Å²) in [6.45, 7) is 4.32. The highest BCUT2D eigenvalue weighted by atomic mass is 16.5. The van der Waals surface area contributed by atoms with E-state index in [9.17, 15) is 14.7 Å². The Bertz CT molecular complexity index is 986. The van der Waals surface area contributed by atoms with E-state index in [1.807, 2.05) is 6.92 Å². The van der Waals surface area contributed by atoms with Gasteiger partial charge in [-0.1, -0.05) is 123 Å². The van der Waals surface area contributed by atoms with Crippen LogP contribution in [-0.2, 0) is 11.2 Å². The number of rotatable bonds is 23. The van der Waals surface area contributed by atoms with Crippen molar-refractivity contribution in [1.82, 2.24) is 0 Å². The number of aryl methyl sites for hydroxylation is 1. The highest BCUT2D eigenvalue weighted by Gasteiger charge is 2.10. The quantitative estimate of drug-likeness (QED) is 0.0608. The van der Waals surface area contributed by atoms with Crippen LogP contribution in [0.2, 0.25) is 0 Å². The van der Waals surface area contributed by atoms with E-state index >= 15 is 0 Å². The average Bonchev–Trinajstić information content (AvgIpc) is 2.97. The maximum absolute atomic E-state index is 12.6. The fourth-order valence-electron chi connectivity index (χ4n) is 5.19. The topological polar surface area (TPSA) is 75.6 Å². The maximum atomic E-state index is 12.6. The molecule has 5 nitrogen and oxygen atoms in total. The molecular weight excluding hydrogens is 510 g/mol. The molecule has 0 aliphatic rings. The average molecular weight is 566 g/mol. The Kier molecular flexibility index (Phi) is 18.3. The van der Waals surface area contributed by atoms with Crippen LogP contribution in [0.15, 0.2) is 42.5 Å². The molecule has 0 aliphatic heterocycles. The van der Waals surface area contributed by atoms with E-state index in [-0.39, 0.29) is 17.6 Å². The van der Waals surface area contributed by atoms with Gasteiger partial charge in [0, 0.05) is 17.7 Å². The van der Waals surface area contributed by atoms with Crippen LogP contribution in [0.1, 0.15) is 152 Å². The minimum Gasteiger partial charge on any atom is -0.508 e. The van der Waals surface area contributed by atoms with E-state index in [1.54, 1.807) is 42.5 Å². The molecule has 41 heavy (non-hydrogen) atoms. The molecule has 2 N–H and O–H groups in total. The van der Waals surface area contributed by atoms with Gasteiger partial charge in [-0.05, 0) is 60.9 Å². The van der Waals surface area contributed by atoms with Crippen LogP contribution in [0.3, 0.4) is 0 Å². The van der Waals surface area contributed by atoms with E-state index in [0.29, 0.717) is 23.4 Å². The van der Waals surface area contributed by atoms with Gasteiger partial charge in [0.25, 0.3) is 5.91 Å². The number of nitrogens with one attached hydrogen (secondary N) is 1. The number of esters is 1. The Hall–Kier alpha value is -2.82. The molecule has 2 aromatic rings. The van der Waals surface area contributed by atoms with Crippen LogP contribution < -0.4 is 10.1 Å². The zero-order valence-electron chi connectivity index (χ0n) is 25.9. The zero-order chi connectivity index (χ0) is 29.5. The molecule has 0 saturated heterocycles. The van der Waals surface area contributed by atoms with Crippen molar-refractivity contribution in [3.05, 3.63) is 53.6 Å². The highest BCUT2D eigenvalue weighted by molar-refractivity contribution is 6.04. The van der Waals surface area contributed by atoms with Gasteiger partial charge in [0.2, 0.25) is 0 Å². The largest absolute Gasteiger partial charge is 0.508 e. The summed E-state index contributed by atoms with van der Waals surface area (Å²) in [6.07, 6.45) is 24.4. The summed E-state index contributed by atoms with van der Waals surface area (Å²) >= 11 is 0. The fraction of sp³-hybridized carbons (Fsp3) is 0.611. The Morgan fingerprint density at radius 3 is 1.68 bits per heavy atom. The number of benzene rings is 2. The molecule has 0 aliphatic carbocycles. The molecule has 0 radical (unpaired) electrons. The van der Waals surface area contributed by atoms with Crippen molar-refractivity contribution in [2.75, 3.05) is 5.32 Å². The third kappa shape index (κ3) is 15.7. The molecule has 0 fully saturated rings. The molecule has 0 bridgehead atoms. The minimum absolute atomic E-state index is 0.226. The van der Waals surface area contributed by atoms with E-state index in [4.69, 9.17) is 4.74 Å². The number of phenols is 1. The van der Waals surface area contributed by atoms with Crippen molar-refractivity contribution in [2.24, 2.45) is 0 Å². The second kappa shape index (κ2) is 21.9. The predicted molar refractivity (Wildman–Crippen MR) is 171 cm³/mol. The molecule has 228 valence electrons. The van der Waals surface area contributed by atoms with Gasteiger partial charge in [0.15, 0.2) is 0 Å². The third-order valence-corrected chi connectivity index (χ3v) is 7.69. The molecule has 0 heterocycles. The van der Waals surface area contributed by atoms with E-state index < -0.39 is 0 Å². The smallest absolute Gasteiger partial charge is 0.311 e. The van der Waals surface area contributed by atoms with Gasteiger partial charge >= 0.3 is 5.97 Å². The Labute approximate surface area is 249 Å². The van der Waals surface area contributed by atoms with Crippen molar-refractivity contribution < 1.29 is 19.4 Å². The number of carbonyl (C=O) groups is 2. The molecule has 0 atom stereocenters. The van der Waals surface area contributed by atoms with Crippen LogP contribution in [0.5, 0.6) is 11.5 Å². The van der Waals surface area contributed by atoms with Crippen molar-refractivity contribution in [2.45, 2.75) is 142 Å². The van der Waals surface area contributed by atoms with Gasteiger partial charge in [-0.25, -0.2) is 0 Å². The molecule has 2 aromatic carbocycles. The summed E-state index contributed by atoms with van der Waals surface area (Å²) in [5.41, 5.74) is 1.93. The number of unbranched alkanes of at least 4 members (excludes halogenated alkanes) is 16. The predicted octanol–water partition coefficient (Wildman–Crippen LogP) is 10.5. The number of hydrogen-bond acceptors (Lipinski definition) is 4. The van der Waals surface area contributed by atoms with Crippen molar-refractivity contribution in [1.29, 1.82) is 0 Å². The number of phenolic OH excluding ortho intramolecular Hbond substituents is 1. The third-order valence-electron chi connectivity index (χ3n) is 7.69. The first-order valence-electron chi connectivity index (χ1n) is 16.5. The zero-order valence-corrected chi connectivity index (χ0v) is 25.9. The lowest BCUT2D eigenvalue weighted by Gasteiger charge is -2.09. The van der Waals surface area contributed by atoms with Crippen molar-refractivity contribution in [3.8, 4) is 11.5 Å². The summed E-state index contributed by atoms with van der Waals surface area (Å²) in [5, 5.41) is 12.8. The lowest BCUT2D eigenvalue weighted by molar-refractivity contribution is -0.134. The van der Waals surface area contributed by atoms with Gasteiger partial charge in [0.1, 0.15) is 11.5 Å². The SMILES string of the molecule is CCCCCCCCCCCCCCCCCCCC(=O)Oc1ccc(C(=O)Nc2ccc(O)c(CCC)c2)cc1. The second-order valence-corrected chi connectivity index (χ2v) is 11.5. The molecule has 0 spiro atoms. The summed E-state index contributed by atoms with van der Waals surface area (Å²) < 4.78 is 5.45. The van der Waals surface area contributed by atoms with Gasteiger partial charge < -0.3 is 15.2 Å². The molecule has 0 unspecified atom stereocenters. The maximum Gasteiger partial charge on any atom is 0.311 e. The first-order chi connectivity index (χ1) is 20.0. The van der Waals surface area contributed by atoms with Crippen LogP contribution in [-0.4, -0.2) is 17.0 Å². The van der Waals surface area contributed by atoms with Gasteiger partial charge in [-0.2, -0.15) is 0 Å². The van der Waals surface area contributed by atoms with E-state index in [2.05, 4.69) is 12.2 Å². The molecular formula is C36H55NO4. The highest BCUT2D eigenvalue weighted by Crippen LogP contribution is 2.24. The Morgan fingerprint density at radius 2 is 1.17 bits per heavy atom. The first-order valence-corrected chi connectivity index (χ1v) is 16.5. The fourth-order valence-corrected chi connectivity index (χ4v) is 5.19. The number of amides is 1. The van der Waals surface area contributed by atoms with E-state index in [1.165, 1.54) is 96.3 Å². The summed E-state index contributed by atoms with van der Waals surface area (Å²) in [4.78, 5) is 24.8. The molecule has 0 saturated carbocycles. The number of carbonyl (C=O) groups excluding carboxylic acids is 2. The number of anilines is 1. The standard InChI is InChI=1S/C36H55NO4/c1-3-5-6-7-8-9-10-11-12-13-14-15-16-17-18-19-20-22-35(39)41-33-26-23-30(24-27-33)36(40)37-32-25-28-34(38)31(29-32)21-4-2/h23-29,38H,3-22H2,1-2H3,(H,37,40). The van der Waals surface area contributed by atoms with E-state index in [0.717, 1.165) is 31.2 Å². The van der Waals surface area contributed by atoms with Crippen LogP contribution >= 0.6 is 0 Å². The summed E-state index contributed by atoms with van der Waals surface area (Å²) in [6, 6.07) is 11.7.